The third-order valence-electron chi connectivity index (χ3n) is 6.18. The van der Waals surface area contributed by atoms with Crippen molar-refractivity contribution in [3.63, 3.8) is 0 Å². The average molecular weight is 391 g/mol. The number of hydrogen-bond donors (Lipinski definition) is 1. The molecule has 0 aliphatic rings. The quantitative estimate of drug-likeness (QED) is 0.430. The smallest absolute Gasteiger partial charge is 0.127 e. The van der Waals surface area contributed by atoms with Crippen molar-refractivity contribution in [1.29, 1.82) is 0 Å². The average Bonchev–Trinajstić information content (AvgIpc) is 3.24. The van der Waals surface area contributed by atoms with Crippen molar-refractivity contribution in [3.8, 4) is 16.9 Å². The standard InChI is InChI=1S/C24H26N2OS/c1-4-24(5-2,15-25)17-8-6-16(7-9-17)22-20(27-3)11-10-19-23(22)18-12-13-28-21(18)14-26-19/h6-14H,4-5,15,25H2,1-3H3. The van der Waals surface area contributed by atoms with E-state index in [1.807, 2.05) is 18.3 Å². The fraction of sp³-hybridized carbons (Fsp3) is 0.292. The number of thiophene rings is 1. The van der Waals surface area contributed by atoms with E-state index in [-0.39, 0.29) is 5.41 Å². The van der Waals surface area contributed by atoms with Gasteiger partial charge in [0.05, 0.1) is 17.3 Å². The summed E-state index contributed by atoms with van der Waals surface area (Å²) in [4.78, 5) is 4.68. The molecule has 0 saturated heterocycles. The first-order valence-corrected chi connectivity index (χ1v) is 10.7. The van der Waals surface area contributed by atoms with E-state index in [4.69, 9.17) is 10.5 Å². The molecule has 0 bridgehead atoms. The van der Waals surface area contributed by atoms with Crippen LogP contribution in [0.15, 0.2) is 54.0 Å². The number of aromatic nitrogens is 1. The maximum atomic E-state index is 6.15. The van der Waals surface area contributed by atoms with Gasteiger partial charge in [-0.3, -0.25) is 4.98 Å². The summed E-state index contributed by atoms with van der Waals surface area (Å²) in [6.07, 6.45) is 4.03. The third-order valence-corrected chi connectivity index (χ3v) is 7.03. The van der Waals surface area contributed by atoms with Crippen molar-refractivity contribution in [2.24, 2.45) is 5.73 Å². The molecule has 2 heterocycles. The molecule has 4 aromatic rings. The van der Waals surface area contributed by atoms with Gasteiger partial charge in [-0.15, -0.1) is 11.3 Å². The Hall–Kier alpha value is -2.43. The van der Waals surface area contributed by atoms with Crippen LogP contribution in [0, 0.1) is 0 Å². The Morgan fingerprint density at radius 3 is 2.43 bits per heavy atom. The van der Waals surface area contributed by atoms with E-state index in [0.717, 1.165) is 40.6 Å². The van der Waals surface area contributed by atoms with Gasteiger partial charge in [0.1, 0.15) is 5.75 Å². The molecule has 0 unspecified atom stereocenters. The summed E-state index contributed by atoms with van der Waals surface area (Å²) in [5.74, 6) is 0.872. The molecule has 28 heavy (non-hydrogen) atoms. The van der Waals surface area contributed by atoms with Gasteiger partial charge in [-0.1, -0.05) is 38.1 Å². The summed E-state index contributed by atoms with van der Waals surface area (Å²) in [6, 6.07) is 15.1. The zero-order valence-electron chi connectivity index (χ0n) is 16.7. The highest BCUT2D eigenvalue weighted by Crippen LogP contribution is 2.41. The summed E-state index contributed by atoms with van der Waals surface area (Å²) in [7, 11) is 1.73. The zero-order valence-corrected chi connectivity index (χ0v) is 17.5. The molecule has 0 fully saturated rings. The maximum absolute atomic E-state index is 6.15. The minimum Gasteiger partial charge on any atom is -0.496 e. The van der Waals surface area contributed by atoms with Gasteiger partial charge in [0.15, 0.2) is 0 Å². The van der Waals surface area contributed by atoms with Gasteiger partial charge in [-0.2, -0.15) is 0 Å². The minimum atomic E-state index is 0.0452. The first-order chi connectivity index (χ1) is 13.7. The molecule has 4 heteroatoms. The van der Waals surface area contributed by atoms with Crippen LogP contribution >= 0.6 is 11.3 Å². The molecular formula is C24H26N2OS. The summed E-state index contributed by atoms with van der Waals surface area (Å²) < 4.78 is 6.94. The predicted octanol–water partition coefficient (Wildman–Crippen LogP) is 6.14. The molecule has 0 radical (unpaired) electrons. The van der Waals surface area contributed by atoms with Crippen LogP contribution in [0.25, 0.3) is 32.1 Å². The van der Waals surface area contributed by atoms with Crippen LogP contribution in [0.5, 0.6) is 5.75 Å². The SMILES string of the molecule is CCC(CC)(CN)c1ccc(-c2c(OC)ccc3ncc4sccc4c23)cc1. The Kier molecular flexibility index (Phi) is 5.09. The number of ether oxygens (including phenoxy) is 1. The normalized spacial score (nSPS) is 12.0. The lowest BCUT2D eigenvalue weighted by Gasteiger charge is -2.31. The molecule has 3 nitrogen and oxygen atoms in total. The molecule has 2 N–H and O–H groups in total. The van der Waals surface area contributed by atoms with Crippen LogP contribution in [-0.2, 0) is 5.41 Å². The van der Waals surface area contributed by atoms with E-state index in [1.54, 1.807) is 18.4 Å². The van der Waals surface area contributed by atoms with Gasteiger partial charge < -0.3 is 10.5 Å². The Balaban J connectivity index is 1.95. The van der Waals surface area contributed by atoms with E-state index in [1.165, 1.54) is 15.6 Å². The van der Waals surface area contributed by atoms with Gasteiger partial charge in [-0.05, 0) is 47.5 Å². The number of hydrogen-bond acceptors (Lipinski definition) is 4. The molecular weight excluding hydrogens is 364 g/mol. The Morgan fingerprint density at radius 2 is 1.79 bits per heavy atom. The molecule has 2 aromatic carbocycles. The van der Waals surface area contributed by atoms with Crippen molar-refractivity contribution in [1.82, 2.24) is 4.98 Å². The van der Waals surface area contributed by atoms with Crippen molar-refractivity contribution in [2.45, 2.75) is 32.1 Å². The van der Waals surface area contributed by atoms with Crippen LogP contribution in [0.2, 0.25) is 0 Å². The number of nitrogens with two attached hydrogens (primary N) is 1. The van der Waals surface area contributed by atoms with Crippen LogP contribution in [0.4, 0.5) is 0 Å². The topological polar surface area (TPSA) is 48.1 Å². The molecule has 144 valence electrons. The molecule has 0 amide bonds. The second-order valence-corrected chi connectivity index (χ2v) is 8.21. The van der Waals surface area contributed by atoms with Gasteiger partial charge in [0.2, 0.25) is 0 Å². The number of fused-ring (bicyclic) bond motifs is 3. The minimum absolute atomic E-state index is 0.0452. The lowest BCUT2D eigenvalue weighted by Crippen LogP contribution is -2.33. The fourth-order valence-electron chi connectivity index (χ4n) is 4.22. The molecule has 2 aromatic heterocycles. The third kappa shape index (κ3) is 2.88. The molecule has 0 spiro atoms. The first-order valence-electron chi connectivity index (χ1n) is 9.81. The second-order valence-electron chi connectivity index (χ2n) is 7.26. The van der Waals surface area contributed by atoms with Crippen molar-refractivity contribution < 1.29 is 4.74 Å². The van der Waals surface area contributed by atoms with E-state index in [0.29, 0.717) is 6.54 Å². The van der Waals surface area contributed by atoms with Crippen molar-refractivity contribution in [2.75, 3.05) is 13.7 Å². The predicted molar refractivity (Wildman–Crippen MR) is 120 cm³/mol. The zero-order chi connectivity index (χ0) is 19.7. The van der Waals surface area contributed by atoms with Gasteiger partial charge >= 0.3 is 0 Å². The number of pyridine rings is 1. The summed E-state index contributed by atoms with van der Waals surface area (Å²) in [6.45, 7) is 5.10. The molecule has 0 saturated carbocycles. The molecule has 0 aliphatic heterocycles. The van der Waals surface area contributed by atoms with E-state index >= 15 is 0 Å². The number of nitrogens with zero attached hydrogens (tertiary/aromatic N) is 1. The Morgan fingerprint density at radius 1 is 1.04 bits per heavy atom. The van der Waals surface area contributed by atoms with Crippen LogP contribution in [0.1, 0.15) is 32.3 Å². The Bertz CT molecular complexity index is 1100. The van der Waals surface area contributed by atoms with Crippen LogP contribution in [0.3, 0.4) is 0 Å². The van der Waals surface area contributed by atoms with E-state index < -0.39 is 0 Å². The number of methoxy groups -OCH3 is 1. The van der Waals surface area contributed by atoms with E-state index in [9.17, 15) is 0 Å². The van der Waals surface area contributed by atoms with Crippen molar-refractivity contribution >= 4 is 32.3 Å². The molecule has 0 atom stereocenters. The lowest BCUT2D eigenvalue weighted by atomic mass is 9.75. The summed E-state index contributed by atoms with van der Waals surface area (Å²) >= 11 is 1.72. The largest absolute Gasteiger partial charge is 0.496 e. The lowest BCUT2D eigenvalue weighted by molar-refractivity contribution is 0.407. The first kappa shape index (κ1) is 18.9. The highest BCUT2D eigenvalue weighted by Gasteiger charge is 2.26. The van der Waals surface area contributed by atoms with E-state index in [2.05, 4.69) is 54.5 Å². The highest BCUT2D eigenvalue weighted by atomic mass is 32.1. The fourth-order valence-corrected chi connectivity index (χ4v) is 4.98. The Labute approximate surface area is 170 Å². The van der Waals surface area contributed by atoms with Gasteiger partial charge in [-0.25, -0.2) is 0 Å². The molecule has 4 rings (SSSR count). The number of rotatable bonds is 6. The number of benzene rings is 2. The summed E-state index contributed by atoms with van der Waals surface area (Å²) in [5.41, 5.74) is 10.7. The maximum Gasteiger partial charge on any atom is 0.127 e. The second kappa shape index (κ2) is 7.53. The van der Waals surface area contributed by atoms with Crippen LogP contribution < -0.4 is 10.5 Å². The monoisotopic (exact) mass is 390 g/mol. The molecule has 0 aliphatic carbocycles. The van der Waals surface area contributed by atoms with Crippen molar-refractivity contribution in [3.05, 3.63) is 59.6 Å². The van der Waals surface area contributed by atoms with Gasteiger partial charge in [0.25, 0.3) is 0 Å². The highest BCUT2D eigenvalue weighted by molar-refractivity contribution is 7.17. The van der Waals surface area contributed by atoms with Gasteiger partial charge in [0, 0.05) is 34.5 Å². The summed E-state index contributed by atoms with van der Waals surface area (Å²) in [5, 5.41) is 4.50. The van der Waals surface area contributed by atoms with Crippen LogP contribution in [-0.4, -0.2) is 18.6 Å².